The van der Waals surface area contributed by atoms with E-state index in [4.69, 9.17) is 30.5 Å². The maximum absolute atomic E-state index is 13.6. The van der Waals surface area contributed by atoms with Gasteiger partial charge in [0.05, 0.1) is 20.8 Å². The molecule has 1 aliphatic rings. The maximum atomic E-state index is 13.6. The highest BCUT2D eigenvalue weighted by Gasteiger charge is 2.51. The van der Waals surface area contributed by atoms with Crippen LogP contribution in [0.1, 0.15) is 40.4 Å². The van der Waals surface area contributed by atoms with E-state index in [1.807, 2.05) is 67.6 Å². The van der Waals surface area contributed by atoms with Crippen LogP contribution in [0.3, 0.4) is 0 Å². The van der Waals surface area contributed by atoms with Crippen LogP contribution in [0.25, 0.3) is 0 Å². The summed E-state index contributed by atoms with van der Waals surface area (Å²) < 4.78 is 23.7. The minimum absolute atomic E-state index is 0.0641. The van der Waals surface area contributed by atoms with Gasteiger partial charge in [0, 0.05) is 28.3 Å². The summed E-state index contributed by atoms with van der Waals surface area (Å²) >= 11 is 6.21. The zero-order valence-corrected chi connectivity index (χ0v) is 21.5. The van der Waals surface area contributed by atoms with Crippen molar-refractivity contribution in [2.45, 2.75) is 25.7 Å². The van der Waals surface area contributed by atoms with Crippen molar-refractivity contribution in [2.75, 3.05) is 27.4 Å². The summed E-state index contributed by atoms with van der Waals surface area (Å²) in [6, 6.07) is 18.7. The van der Waals surface area contributed by atoms with E-state index in [9.17, 15) is 4.79 Å². The molecule has 36 heavy (non-hydrogen) atoms. The van der Waals surface area contributed by atoms with Crippen molar-refractivity contribution >= 4 is 17.5 Å². The normalized spacial score (nSPS) is 16.6. The molecule has 1 unspecified atom stereocenters. The molecular formula is C29H30ClNO5. The fourth-order valence-corrected chi connectivity index (χ4v) is 4.72. The van der Waals surface area contributed by atoms with Crippen molar-refractivity contribution in [2.24, 2.45) is 0 Å². The number of hydrogen-bond acceptors (Lipinski definition) is 5. The van der Waals surface area contributed by atoms with Gasteiger partial charge in [-0.25, -0.2) is 0 Å². The Morgan fingerprint density at radius 3 is 2.31 bits per heavy atom. The summed E-state index contributed by atoms with van der Waals surface area (Å²) in [4.78, 5) is 15.4. The first-order valence-electron chi connectivity index (χ1n) is 11.8. The second-order valence-electron chi connectivity index (χ2n) is 8.37. The number of benzene rings is 3. The van der Waals surface area contributed by atoms with E-state index in [1.165, 1.54) is 0 Å². The highest BCUT2D eigenvalue weighted by Crippen LogP contribution is 2.47. The molecule has 1 aliphatic heterocycles. The smallest absolute Gasteiger partial charge is 0.257 e. The fourth-order valence-electron chi connectivity index (χ4n) is 4.60. The molecule has 0 saturated heterocycles. The molecule has 188 valence electrons. The highest BCUT2D eigenvalue weighted by atomic mass is 35.5. The Hall–Kier alpha value is -3.48. The van der Waals surface area contributed by atoms with Gasteiger partial charge in [-0.15, -0.1) is 0 Å². The summed E-state index contributed by atoms with van der Waals surface area (Å²) in [5, 5.41) is 0.609. The van der Waals surface area contributed by atoms with Gasteiger partial charge < -0.3 is 23.8 Å². The Kier molecular flexibility index (Phi) is 7.87. The van der Waals surface area contributed by atoms with Gasteiger partial charge in [0.25, 0.3) is 5.91 Å². The van der Waals surface area contributed by atoms with Gasteiger partial charge in [0.15, 0.2) is 17.2 Å². The Morgan fingerprint density at radius 1 is 1.03 bits per heavy atom. The number of rotatable bonds is 11. The number of hydrogen-bond donors (Lipinski definition) is 0. The lowest BCUT2D eigenvalue weighted by Crippen LogP contribution is -2.47. The van der Waals surface area contributed by atoms with Crippen LogP contribution in [0.4, 0.5) is 0 Å². The summed E-state index contributed by atoms with van der Waals surface area (Å²) in [6.45, 7) is 6.76. The predicted molar refractivity (Wildman–Crippen MR) is 140 cm³/mol. The fraction of sp³-hybridized carbons (Fsp3) is 0.276. The van der Waals surface area contributed by atoms with E-state index in [-0.39, 0.29) is 12.5 Å². The first-order valence-corrected chi connectivity index (χ1v) is 12.2. The number of halogens is 1. The summed E-state index contributed by atoms with van der Waals surface area (Å²) in [5.41, 5.74) is 1.94. The van der Waals surface area contributed by atoms with Crippen LogP contribution in [0.15, 0.2) is 73.3 Å². The zero-order valence-electron chi connectivity index (χ0n) is 20.8. The van der Waals surface area contributed by atoms with Gasteiger partial charge in [0.1, 0.15) is 6.61 Å². The van der Waals surface area contributed by atoms with Crippen molar-refractivity contribution in [1.29, 1.82) is 0 Å². The van der Waals surface area contributed by atoms with Crippen LogP contribution < -0.4 is 14.2 Å². The third-order valence-electron chi connectivity index (χ3n) is 6.14. The first-order chi connectivity index (χ1) is 17.5. The topological polar surface area (TPSA) is 57.2 Å². The van der Waals surface area contributed by atoms with E-state index in [1.54, 1.807) is 25.2 Å². The van der Waals surface area contributed by atoms with E-state index in [0.717, 1.165) is 23.1 Å². The highest BCUT2D eigenvalue weighted by molar-refractivity contribution is 6.30. The molecule has 0 saturated carbocycles. The number of methoxy groups -OCH3 is 2. The molecule has 3 aromatic rings. The van der Waals surface area contributed by atoms with Gasteiger partial charge in [-0.1, -0.05) is 61.5 Å². The SMILES string of the molecule is C=CCOc1c(OC)cc(COC2(c3ccc(Cl)cc3)c3ccccc3C(=O)N2CCC)cc1OC. The molecule has 4 rings (SSSR count). The number of carbonyl (C=O) groups is 1. The first kappa shape index (κ1) is 25.6. The maximum Gasteiger partial charge on any atom is 0.257 e. The summed E-state index contributed by atoms with van der Waals surface area (Å²) in [6.07, 6.45) is 2.43. The molecule has 6 nitrogen and oxygen atoms in total. The van der Waals surface area contributed by atoms with Gasteiger partial charge >= 0.3 is 0 Å². The van der Waals surface area contributed by atoms with Gasteiger partial charge in [-0.2, -0.15) is 0 Å². The van der Waals surface area contributed by atoms with E-state index in [2.05, 4.69) is 6.58 Å². The molecule has 0 radical (unpaired) electrons. The van der Waals surface area contributed by atoms with Crippen molar-refractivity contribution in [3.63, 3.8) is 0 Å². The standard InChI is InChI=1S/C29H30ClNO5/c1-5-15-31-28(32)23-9-7-8-10-24(23)29(31,21-11-13-22(30)14-12-21)36-19-20-17-25(33-3)27(35-16-6-2)26(18-20)34-4/h6-14,17-18H,2,5,15-16,19H2,1,3-4H3. The van der Waals surface area contributed by atoms with E-state index < -0.39 is 5.72 Å². The van der Waals surface area contributed by atoms with Crippen molar-refractivity contribution in [3.05, 3.63) is 101 Å². The zero-order chi connectivity index (χ0) is 25.7. The number of nitrogens with zero attached hydrogens (tertiary/aromatic N) is 1. The monoisotopic (exact) mass is 507 g/mol. The quantitative estimate of drug-likeness (QED) is 0.289. The Bertz CT molecular complexity index is 1220. The predicted octanol–water partition coefficient (Wildman–Crippen LogP) is 6.21. The van der Waals surface area contributed by atoms with Crippen molar-refractivity contribution in [1.82, 2.24) is 4.90 Å². The second kappa shape index (κ2) is 11.1. The molecule has 1 amide bonds. The molecule has 0 spiro atoms. The van der Waals surface area contributed by atoms with Gasteiger partial charge in [0.2, 0.25) is 5.75 Å². The molecule has 0 aliphatic carbocycles. The molecule has 0 N–H and O–H groups in total. The van der Waals surface area contributed by atoms with E-state index in [0.29, 0.717) is 41.0 Å². The minimum Gasteiger partial charge on any atom is -0.493 e. The summed E-state index contributed by atoms with van der Waals surface area (Å²) in [5.74, 6) is 1.46. The molecule has 7 heteroatoms. The Morgan fingerprint density at radius 2 is 1.69 bits per heavy atom. The lowest BCUT2D eigenvalue weighted by molar-refractivity contribution is -0.117. The van der Waals surface area contributed by atoms with Crippen LogP contribution in [-0.4, -0.2) is 38.2 Å². The van der Waals surface area contributed by atoms with Crippen LogP contribution in [0, 0.1) is 0 Å². The number of amides is 1. The van der Waals surface area contributed by atoms with Crippen LogP contribution in [0.5, 0.6) is 17.2 Å². The third-order valence-corrected chi connectivity index (χ3v) is 6.40. The molecule has 0 bridgehead atoms. The lowest BCUT2D eigenvalue weighted by Gasteiger charge is -2.39. The van der Waals surface area contributed by atoms with Crippen molar-refractivity contribution in [3.8, 4) is 17.2 Å². The van der Waals surface area contributed by atoms with Gasteiger partial charge in [-0.3, -0.25) is 4.79 Å². The Labute approximate surface area is 217 Å². The average molecular weight is 508 g/mol. The number of fused-ring (bicyclic) bond motifs is 1. The van der Waals surface area contributed by atoms with Crippen molar-refractivity contribution < 1.29 is 23.7 Å². The Balaban J connectivity index is 1.81. The lowest BCUT2D eigenvalue weighted by atomic mass is 9.93. The minimum atomic E-state index is -1.12. The third kappa shape index (κ3) is 4.54. The van der Waals surface area contributed by atoms with Crippen LogP contribution in [0.2, 0.25) is 5.02 Å². The van der Waals surface area contributed by atoms with Crippen LogP contribution >= 0.6 is 11.6 Å². The summed E-state index contributed by atoms with van der Waals surface area (Å²) in [7, 11) is 3.15. The average Bonchev–Trinajstić information content (AvgIpc) is 3.15. The molecule has 1 atom stereocenters. The molecule has 1 heterocycles. The largest absolute Gasteiger partial charge is 0.493 e. The molecule has 3 aromatic carbocycles. The van der Waals surface area contributed by atoms with E-state index >= 15 is 0 Å². The van der Waals surface area contributed by atoms with Crippen LogP contribution in [-0.2, 0) is 17.1 Å². The number of ether oxygens (including phenoxy) is 4. The molecular weight excluding hydrogens is 478 g/mol. The molecule has 0 fully saturated rings. The second-order valence-corrected chi connectivity index (χ2v) is 8.81. The molecule has 0 aromatic heterocycles. The van der Waals surface area contributed by atoms with Gasteiger partial charge in [-0.05, 0) is 42.3 Å². The number of carbonyl (C=O) groups excluding carboxylic acids is 1.